The number of carbonyl (C=O) groups is 3. The van der Waals surface area contributed by atoms with Crippen molar-refractivity contribution < 1.29 is 33.3 Å². The molecule has 6 unspecified atom stereocenters. The zero-order valence-corrected chi connectivity index (χ0v) is 22.4. The van der Waals surface area contributed by atoms with Gasteiger partial charge in [-0.1, -0.05) is 18.1 Å². The topological polar surface area (TPSA) is 157 Å². The van der Waals surface area contributed by atoms with Gasteiger partial charge in [0.15, 0.2) is 0 Å². The Kier molecular flexibility index (Phi) is 11.2. The quantitative estimate of drug-likeness (QED) is 0.141. The van der Waals surface area contributed by atoms with Crippen LogP contribution in [-0.2, 0) is 28.5 Å². The van der Waals surface area contributed by atoms with Crippen LogP contribution in [0.1, 0.15) is 58.8 Å². The maximum atomic E-state index is 12.5. The van der Waals surface area contributed by atoms with E-state index in [0.717, 1.165) is 25.7 Å². The zero-order chi connectivity index (χ0) is 26.8. The molecule has 1 aliphatic carbocycles. The fourth-order valence-corrected chi connectivity index (χ4v) is 5.12. The lowest BCUT2D eigenvalue weighted by Gasteiger charge is -2.40. The number of carbonyl (C=O) groups excluding carboxylic acids is 3. The molecule has 210 valence electrons. The van der Waals surface area contributed by atoms with Crippen LogP contribution in [0.2, 0.25) is 0 Å². The number of unbranched alkanes of at least 4 members (excludes halogenated alkanes) is 2. The van der Waals surface area contributed by atoms with Gasteiger partial charge in [0.2, 0.25) is 11.8 Å². The van der Waals surface area contributed by atoms with Gasteiger partial charge in [-0.15, -0.1) is 0 Å². The van der Waals surface area contributed by atoms with Crippen LogP contribution < -0.4 is 21.7 Å². The molecule has 0 aromatic heterocycles. The van der Waals surface area contributed by atoms with Crippen LogP contribution >= 0.6 is 0 Å². The first-order valence-corrected chi connectivity index (χ1v) is 13.4. The number of ether oxygens (including phenoxy) is 4. The van der Waals surface area contributed by atoms with Gasteiger partial charge < -0.3 is 40.6 Å². The number of hydrogen-bond donors (Lipinski definition) is 4. The van der Waals surface area contributed by atoms with Crippen LogP contribution in [0.15, 0.2) is 11.6 Å². The van der Waals surface area contributed by atoms with Crippen LogP contribution in [0.4, 0.5) is 4.79 Å². The van der Waals surface area contributed by atoms with Crippen molar-refractivity contribution >= 4 is 17.9 Å². The number of methoxy groups -OCH3 is 1. The summed E-state index contributed by atoms with van der Waals surface area (Å²) in [5.41, 5.74) is 6.25. The molecule has 3 aliphatic rings. The van der Waals surface area contributed by atoms with Crippen molar-refractivity contribution in [2.45, 2.75) is 88.8 Å². The van der Waals surface area contributed by atoms with Crippen molar-refractivity contribution in [1.29, 1.82) is 0 Å². The molecule has 5 N–H and O–H groups in total. The average molecular weight is 525 g/mol. The third kappa shape index (κ3) is 8.94. The van der Waals surface area contributed by atoms with Crippen molar-refractivity contribution in [2.75, 3.05) is 39.9 Å². The predicted octanol–water partition coefficient (Wildman–Crippen LogP) is 1.15. The molecule has 1 saturated carbocycles. The molecule has 37 heavy (non-hydrogen) atoms. The molecule has 3 rings (SSSR count). The summed E-state index contributed by atoms with van der Waals surface area (Å²) in [6.07, 6.45) is 6.38. The molecule has 0 aromatic carbocycles. The molecule has 3 fully saturated rings. The zero-order valence-electron chi connectivity index (χ0n) is 22.4. The van der Waals surface area contributed by atoms with Gasteiger partial charge in [-0.2, -0.15) is 0 Å². The normalized spacial score (nSPS) is 29.8. The minimum Gasteiger partial charge on any atom is -0.443 e. The molecule has 2 saturated heterocycles. The number of amides is 3. The average Bonchev–Trinajstić information content (AvgIpc) is 3.80. The van der Waals surface area contributed by atoms with E-state index >= 15 is 0 Å². The summed E-state index contributed by atoms with van der Waals surface area (Å²) < 4.78 is 23.5. The first-order valence-electron chi connectivity index (χ1n) is 13.4. The summed E-state index contributed by atoms with van der Waals surface area (Å²) in [6.45, 7) is 6.01. The third-order valence-corrected chi connectivity index (χ3v) is 7.26. The minimum absolute atomic E-state index is 0.0442. The first kappa shape index (κ1) is 29.3. The van der Waals surface area contributed by atoms with Gasteiger partial charge in [0.1, 0.15) is 12.2 Å². The van der Waals surface area contributed by atoms with E-state index in [9.17, 15) is 14.4 Å². The Morgan fingerprint density at radius 3 is 2.43 bits per heavy atom. The van der Waals surface area contributed by atoms with Gasteiger partial charge in [-0.3, -0.25) is 9.59 Å². The maximum absolute atomic E-state index is 12.5. The van der Waals surface area contributed by atoms with Crippen molar-refractivity contribution in [3.8, 4) is 0 Å². The monoisotopic (exact) mass is 524 g/mol. The lowest BCUT2D eigenvalue weighted by molar-refractivity contribution is -0.122. The standard InChI is InChI=1S/C26H44N4O7/c1-17(2)8-9-18-24(36-18)22-23(34-3)19(10-11-26(22)16-35-26)37-25(33)30-12-6-4-5-7-20(31)28-13-14-29-21(32)15-27/h8,18-19,22-24H,4-7,9-16,27H2,1-3H3,(H,28,31)(H,29,32)(H,30,33). The molecule has 6 atom stereocenters. The van der Waals surface area contributed by atoms with Crippen LogP contribution in [0.5, 0.6) is 0 Å². The SMILES string of the molecule is COC1C(OC(=O)NCCCCCC(=O)NCCNC(=O)CN)CCC2(CO2)C1C1OC1CC=C(C)C. The van der Waals surface area contributed by atoms with Gasteiger partial charge in [0.05, 0.1) is 31.0 Å². The van der Waals surface area contributed by atoms with Crippen LogP contribution in [0.3, 0.4) is 0 Å². The molecule has 1 spiro atoms. The van der Waals surface area contributed by atoms with E-state index in [1.165, 1.54) is 5.57 Å². The molecule has 11 heteroatoms. The van der Waals surface area contributed by atoms with Gasteiger partial charge in [0.25, 0.3) is 0 Å². The summed E-state index contributed by atoms with van der Waals surface area (Å²) in [4.78, 5) is 35.3. The smallest absolute Gasteiger partial charge is 0.407 e. The highest BCUT2D eigenvalue weighted by Gasteiger charge is 2.66. The Bertz CT molecular complexity index is 813. The second-order valence-corrected chi connectivity index (χ2v) is 10.4. The van der Waals surface area contributed by atoms with Gasteiger partial charge in [0, 0.05) is 39.1 Å². The van der Waals surface area contributed by atoms with E-state index in [-0.39, 0.29) is 54.3 Å². The number of allylic oxidation sites excluding steroid dienone is 1. The fourth-order valence-electron chi connectivity index (χ4n) is 5.12. The molecule has 2 aliphatic heterocycles. The Morgan fingerprint density at radius 2 is 1.78 bits per heavy atom. The summed E-state index contributed by atoms with van der Waals surface area (Å²) in [5.74, 6) is -0.266. The van der Waals surface area contributed by atoms with Gasteiger partial charge in [-0.05, 0) is 46.0 Å². The second-order valence-electron chi connectivity index (χ2n) is 10.4. The molecule has 3 amide bonds. The molecule has 0 aromatic rings. The Hall–Kier alpha value is -2.21. The van der Waals surface area contributed by atoms with Crippen molar-refractivity contribution in [3.63, 3.8) is 0 Å². The molecular weight excluding hydrogens is 480 g/mol. The predicted molar refractivity (Wildman–Crippen MR) is 137 cm³/mol. The number of nitrogens with one attached hydrogen (secondary N) is 3. The molecule has 0 radical (unpaired) electrons. The van der Waals surface area contributed by atoms with Gasteiger partial charge >= 0.3 is 6.09 Å². The molecule has 2 heterocycles. The highest BCUT2D eigenvalue weighted by atomic mass is 16.6. The highest BCUT2D eigenvalue weighted by molar-refractivity contribution is 5.78. The van der Waals surface area contributed by atoms with Crippen molar-refractivity contribution in [1.82, 2.24) is 16.0 Å². The summed E-state index contributed by atoms with van der Waals surface area (Å²) in [7, 11) is 1.66. The first-order chi connectivity index (χ1) is 17.8. The Morgan fingerprint density at radius 1 is 1.05 bits per heavy atom. The van der Waals surface area contributed by atoms with E-state index in [1.54, 1.807) is 7.11 Å². The highest BCUT2D eigenvalue weighted by Crippen LogP contribution is 2.54. The van der Waals surface area contributed by atoms with Crippen molar-refractivity contribution in [2.24, 2.45) is 11.7 Å². The molecular formula is C26H44N4O7. The molecule has 11 nitrogen and oxygen atoms in total. The maximum Gasteiger partial charge on any atom is 0.407 e. The largest absolute Gasteiger partial charge is 0.443 e. The third-order valence-electron chi connectivity index (χ3n) is 7.26. The number of rotatable bonds is 15. The summed E-state index contributed by atoms with van der Waals surface area (Å²) in [6, 6.07) is 0. The van der Waals surface area contributed by atoms with E-state index in [4.69, 9.17) is 24.7 Å². The fraction of sp³-hybridized carbons (Fsp3) is 0.808. The Labute approximate surface area is 219 Å². The number of alkyl carbamates (subject to hydrolysis) is 1. The lowest BCUT2D eigenvalue weighted by Crippen LogP contribution is -2.53. The van der Waals surface area contributed by atoms with Crippen LogP contribution in [0, 0.1) is 5.92 Å². The van der Waals surface area contributed by atoms with Gasteiger partial charge in [-0.25, -0.2) is 4.79 Å². The summed E-state index contributed by atoms with van der Waals surface area (Å²) >= 11 is 0. The summed E-state index contributed by atoms with van der Waals surface area (Å²) in [5, 5.41) is 8.16. The second kappa shape index (κ2) is 14.1. The van der Waals surface area contributed by atoms with E-state index < -0.39 is 6.09 Å². The molecule has 0 bridgehead atoms. The van der Waals surface area contributed by atoms with E-state index in [1.807, 2.05) is 0 Å². The Balaban J connectivity index is 1.31. The number of hydrogen-bond acceptors (Lipinski definition) is 8. The minimum atomic E-state index is -0.450. The van der Waals surface area contributed by atoms with Crippen LogP contribution in [0.25, 0.3) is 0 Å². The van der Waals surface area contributed by atoms with E-state index in [2.05, 4.69) is 35.9 Å². The van der Waals surface area contributed by atoms with Crippen LogP contribution in [-0.4, -0.2) is 87.8 Å². The lowest BCUT2D eigenvalue weighted by atomic mass is 9.73. The number of nitrogens with two attached hydrogens (primary N) is 1. The number of epoxide rings is 2. The van der Waals surface area contributed by atoms with E-state index in [0.29, 0.717) is 45.5 Å². The van der Waals surface area contributed by atoms with Crippen molar-refractivity contribution in [3.05, 3.63) is 11.6 Å².